The SMILES string of the molecule is CCOC(=O)/C(C#N)=C(\NCc1ccccc1)N[C@H](C)c1ccc(F)cc1. The number of esters is 1. The van der Waals surface area contributed by atoms with Gasteiger partial charge in [-0.1, -0.05) is 42.5 Å². The Kier molecular flexibility index (Phi) is 7.38. The number of nitrogens with zero attached hydrogens (tertiary/aromatic N) is 1. The van der Waals surface area contributed by atoms with Gasteiger partial charge in [0.25, 0.3) is 0 Å². The van der Waals surface area contributed by atoms with E-state index >= 15 is 0 Å². The lowest BCUT2D eigenvalue weighted by molar-refractivity contribution is -0.138. The lowest BCUT2D eigenvalue weighted by Crippen LogP contribution is -2.32. The van der Waals surface area contributed by atoms with Crippen LogP contribution in [0.5, 0.6) is 0 Å². The minimum absolute atomic E-state index is 0.137. The molecule has 0 unspecified atom stereocenters. The molecule has 0 fully saturated rings. The first-order valence-corrected chi connectivity index (χ1v) is 8.66. The third-order valence-corrected chi connectivity index (χ3v) is 3.88. The summed E-state index contributed by atoms with van der Waals surface area (Å²) in [5, 5.41) is 15.7. The van der Waals surface area contributed by atoms with Crippen LogP contribution in [0.2, 0.25) is 0 Å². The third-order valence-electron chi connectivity index (χ3n) is 3.88. The average Bonchev–Trinajstić information content (AvgIpc) is 2.68. The summed E-state index contributed by atoms with van der Waals surface area (Å²) >= 11 is 0. The summed E-state index contributed by atoms with van der Waals surface area (Å²) < 4.78 is 18.1. The van der Waals surface area contributed by atoms with Gasteiger partial charge in [-0.3, -0.25) is 0 Å². The van der Waals surface area contributed by atoms with Crippen molar-refractivity contribution in [2.24, 2.45) is 0 Å². The van der Waals surface area contributed by atoms with Crippen molar-refractivity contribution < 1.29 is 13.9 Å². The number of ether oxygens (including phenoxy) is 1. The quantitative estimate of drug-likeness (QED) is 0.424. The van der Waals surface area contributed by atoms with Crippen LogP contribution in [-0.2, 0) is 16.1 Å². The van der Waals surface area contributed by atoms with Gasteiger partial charge in [-0.2, -0.15) is 5.26 Å². The number of halogens is 1. The number of rotatable bonds is 8. The molecule has 1 atom stereocenters. The van der Waals surface area contributed by atoms with Crippen LogP contribution in [0.25, 0.3) is 0 Å². The highest BCUT2D eigenvalue weighted by atomic mass is 19.1. The van der Waals surface area contributed by atoms with Crippen molar-refractivity contribution in [3.63, 3.8) is 0 Å². The van der Waals surface area contributed by atoms with E-state index in [1.54, 1.807) is 19.1 Å². The fraction of sp³-hybridized carbons (Fsp3) is 0.238. The van der Waals surface area contributed by atoms with Crippen molar-refractivity contribution in [2.45, 2.75) is 26.4 Å². The maximum absolute atomic E-state index is 13.1. The van der Waals surface area contributed by atoms with E-state index in [0.29, 0.717) is 6.54 Å². The number of nitriles is 1. The normalized spacial score (nSPS) is 12.4. The lowest BCUT2D eigenvalue weighted by Gasteiger charge is -2.21. The summed E-state index contributed by atoms with van der Waals surface area (Å²) in [5.74, 6) is -0.751. The van der Waals surface area contributed by atoms with E-state index in [0.717, 1.165) is 11.1 Å². The predicted octanol–water partition coefficient (Wildman–Crippen LogP) is 3.56. The number of hydrogen-bond donors (Lipinski definition) is 2. The molecule has 6 heteroatoms. The molecule has 0 aliphatic rings. The van der Waals surface area contributed by atoms with Gasteiger partial charge in [0.2, 0.25) is 0 Å². The highest BCUT2D eigenvalue weighted by Gasteiger charge is 2.19. The van der Waals surface area contributed by atoms with Crippen molar-refractivity contribution in [3.8, 4) is 6.07 Å². The van der Waals surface area contributed by atoms with Crippen LogP contribution < -0.4 is 10.6 Å². The van der Waals surface area contributed by atoms with Crippen molar-refractivity contribution in [3.05, 3.63) is 82.9 Å². The van der Waals surface area contributed by atoms with Crippen molar-refractivity contribution in [1.82, 2.24) is 10.6 Å². The molecule has 2 N–H and O–H groups in total. The van der Waals surface area contributed by atoms with Gasteiger partial charge in [-0.05, 0) is 37.1 Å². The van der Waals surface area contributed by atoms with Crippen molar-refractivity contribution in [2.75, 3.05) is 6.61 Å². The Labute approximate surface area is 158 Å². The molecule has 0 aliphatic carbocycles. The maximum Gasteiger partial charge on any atom is 0.352 e. The fourth-order valence-electron chi connectivity index (χ4n) is 2.46. The van der Waals surface area contributed by atoms with Gasteiger partial charge in [0.1, 0.15) is 17.7 Å². The van der Waals surface area contributed by atoms with E-state index in [9.17, 15) is 14.4 Å². The molecule has 140 valence electrons. The minimum Gasteiger partial charge on any atom is -0.462 e. The summed E-state index contributed by atoms with van der Waals surface area (Å²) in [4.78, 5) is 12.2. The van der Waals surface area contributed by atoms with Gasteiger partial charge in [0.15, 0.2) is 5.57 Å². The highest BCUT2D eigenvalue weighted by Crippen LogP contribution is 2.16. The molecule has 0 saturated heterocycles. The Bertz CT molecular complexity index is 827. The van der Waals surface area contributed by atoms with E-state index in [1.807, 2.05) is 43.3 Å². The first kappa shape index (κ1) is 20.0. The number of carbonyl (C=O) groups is 1. The Balaban J connectivity index is 2.26. The summed E-state index contributed by atoms with van der Waals surface area (Å²) in [7, 11) is 0. The van der Waals surface area contributed by atoms with Crippen molar-refractivity contribution >= 4 is 5.97 Å². The molecule has 0 bridgehead atoms. The standard InChI is InChI=1S/C21H22FN3O2/c1-3-27-21(26)19(13-23)20(24-14-16-7-5-4-6-8-16)25-15(2)17-9-11-18(22)12-10-17/h4-12,15,24-25H,3,14H2,1-2H3/b20-19+/t15-/m1/s1. The van der Waals surface area contributed by atoms with Crippen LogP contribution >= 0.6 is 0 Å². The van der Waals surface area contributed by atoms with E-state index < -0.39 is 5.97 Å². The van der Waals surface area contributed by atoms with E-state index in [4.69, 9.17) is 4.74 Å². The zero-order valence-electron chi connectivity index (χ0n) is 15.3. The highest BCUT2D eigenvalue weighted by molar-refractivity contribution is 5.93. The summed E-state index contributed by atoms with van der Waals surface area (Å²) in [6.07, 6.45) is 0. The number of hydrogen-bond acceptors (Lipinski definition) is 5. The molecule has 2 aromatic carbocycles. The fourth-order valence-corrected chi connectivity index (χ4v) is 2.46. The minimum atomic E-state index is -0.700. The molecule has 0 radical (unpaired) electrons. The van der Waals surface area contributed by atoms with Crippen LogP contribution in [0.15, 0.2) is 66.0 Å². The summed E-state index contributed by atoms with van der Waals surface area (Å²) in [5.41, 5.74) is 1.67. The molecular weight excluding hydrogens is 345 g/mol. The van der Waals surface area contributed by atoms with Gasteiger partial charge in [0, 0.05) is 12.6 Å². The molecule has 0 spiro atoms. The van der Waals surface area contributed by atoms with Gasteiger partial charge in [-0.25, -0.2) is 9.18 Å². The number of carbonyl (C=O) groups excluding carboxylic acids is 1. The molecule has 0 amide bonds. The molecular formula is C21H22FN3O2. The molecule has 0 aliphatic heterocycles. The van der Waals surface area contributed by atoms with Crippen LogP contribution in [0, 0.1) is 17.1 Å². The molecule has 0 aromatic heterocycles. The number of nitrogens with one attached hydrogen (secondary N) is 2. The Morgan fingerprint density at radius 1 is 1.19 bits per heavy atom. The Morgan fingerprint density at radius 3 is 2.44 bits per heavy atom. The van der Waals surface area contributed by atoms with E-state index in [2.05, 4.69) is 10.6 Å². The van der Waals surface area contributed by atoms with E-state index in [1.165, 1.54) is 12.1 Å². The monoisotopic (exact) mass is 367 g/mol. The second-order valence-corrected chi connectivity index (χ2v) is 5.84. The zero-order valence-corrected chi connectivity index (χ0v) is 15.3. The van der Waals surface area contributed by atoms with Crippen LogP contribution in [0.4, 0.5) is 4.39 Å². The van der Waals surface area contributed by atoms with Crippen LogP contribution in [-0.4, -0.2) is 12.6 Å². The smallest absolute Gasteiger partial charge is 0.352 e. The molecule has 27 heavy (non-hydrogen) atoms. The predicted molar refractivity (Wildman–Crippen MR) is 101 cm³/mol. The molecule has 2 aromatic rings. The third kappa shape index (κ3) is 5.86. The van der Waals surface area contributed by atoms with Crippen molar-refractivity contribution in [1.29, 1.82) is 5.26 Å². The second kappa shape index (κ2) is 9.97. The Morgan fingerprint density at radius 2 is 1.85 bits per heavy atom. The maximum atomic E-state index is 13.1. The van der Waals surface area contributed by atoms with Crippen LogP contribution in [0.3, 0.4) is 0 Å². The molecule has 2 rings (SSSR count). The van der Waals surface area contributed by atoms with Crippen LogP contribution in [0.1, 0.15) is 31.0 Å². The summed E-state index contributed by atoms with van der Waals surface area (Å²) in [6, 6.07) is 17.3. The van der Waals surface area contributed by atoms with Gasteiger partial charge in [-0.15, -0.1) is 0 Å². The molecule has 0 saturated carbocycles. The molecule has 5 nitrogen and oxygen atoms in total. The summed E-state index contributed by atoms with van der Waals surface area (Å²) in [6.45, 7) is 4.13. The van der Waals surface area contributed by atoms with Gasteiger partial charge in [0.05, 0.1) is 6.61 Å². The van der Waals surface area contributed by atoms with E-state index in [-0.39, 0.29) is 29.9 Å². The first-order valence-electron chi connectivity index (χ1n) is 8.66. The second-order valence-electron chi connectivity index (χ2n) is 5.84. The largest absolute Gasteiger partial charge is 0.462 e. The lowest BCUT2D eigenvalue weighted by atomic mass is 10.1. The Hall–Kier alpha value is -3.33. The average molecular weight is 367 g/mol. The van der Waals surface area contributed by atoms with Gasteiger partial charge >= 0.3 is 5.97 Å². The molecule has 0 heterocycles. The topological polar surface area (TPSA) is 74.2 Å². The number of benzene rings is 2. The zero-order chi connectivity index (χ0) is 19.6. The van der Waals surface area contributed by atoms with Gasteiger partial charge < -0.3 is 15.4 Å². The first-order chi connectivity index (χ1) is 13.0.